The first kappa shape index (κ1) is 30.2. The number of nitrogens with zero attached hydrogens (tertiary/aromatic N) is 3. The first-order valence-electron chi connectivity index (χ1n) is 13.7. The molecule has 1 unspecified atom stereocenters. The summed E-state index contributed by atoms with van der Waals surface area (Å²) < 4.78 is 5.85. The van der Waals surface area contributed by atoms with Crippen molar-refractivity contribution in [2.45, 2.75) is 38.1 Å². The summed E-state index contributed by atoms with van der Waals surface area (Å²) in [6, 6.07) is 22.1. The van der Waals surface area contributed by atoms with E-state index in [0.717, 1.165) is 25.2 Å². The molecule has 0 spiro atoms. The van der Waals surface area contributed by atoms with Crippen LogP contribution >= 0.6 is 23.2 Å². The van der Waals surface area contributed by atoms with E-state index < -0.39 is 0 Å². The van der Waals surface area contributed by atoms with Crippen LogP contribution in [0.3, 0.4) is 0 Å². The Labute approximate surface area is 251 Å². The zero-order valence-electron chi connectivity index (χ0n) is 22.8. The fraction of sp³-hybridized carbons (Fsp3) is 0.323. The van der Waals surface area contributed by atoms with Crippen LogP contribution in [0.4, 0.5) is 5.69 Å². The Balaban J connectivity index is 1.38. The Kier molecular flexibility index (Phi) is 11.7. The Morgan fingerprint density at radius 1 is 1.00 bits per heavy atom. The van der Waals surface area contributed by atoms with E-state index in [4.69, 9.17) is 32.9 Å². The Hall–Kier alpha value is -3.77. The third-order valence-electron chi connectivity index (χ3n) is 6.70. The van der Waals surface area contributed by atoms with E-state index in [9.17, 15) is 10.1 Å². The number of guanidine groups is 1. The van der Waals surface area contributed by atoms with E-state index in [0.29, 0.717) is 59.0 Å². The number of rotatable bonds is 12. The van der Waals surface area contributed by atoms with Crippen molar-refractivity contribution >= 4 is 40.8 Å². The number of hydrogen-bond acceptors (Lipinski definition) is 5. The molecule has 0 aromatic heterocycles. The Morgan fingerprint density at radius 2 is 1.73 bits per heavy atom. The predicted octanol–water partition coefficient (Wildman–Crippen LogP) is 6.23. The number of hydrogen-bond donors (Lipinski definition) is 3. The number of anilines is 1. The third-order valence-corrected chi connectivity index (χ3v) is 7.44. The molecule has 3 aromatic carbocycles. The maximum absolute atomic E-state index is 12.6. The van der Waals surface area contributed by atoms with Crippen LogP contribution in [0.15, 0.2) is 77.8 Å². The van der Waals surface area contributed by atoms with Crippen LogP contribution in [-0.2, 0) is 11.2 Å². The first-order chi connectivity index (χ1) is 20.0. The minimum atomic E-state index is -0.220. The third kappa shape index (κ3) is 10.3. The number of halogens is 2. The van der Waals surface area contributed by atoms with Crippen molar-refractivity contribution in [3.05, 3.63) is 88.4 Å². The van der Waals surface area contributed by atoms with Crippen LogP contribution < -0.4 is 20.7 Å². The van der Waals surface area contributed by atoms with Crippen molar-refractivity contribution in [1.29, 1.82) is 5.26 Å². The summed E-state index contributed by atoms with van der Waals surface area (Å²) in [6.07, 6.45) is 5.95. The lowest BCUT2D eigenvalue weighted by atomic mass is 10.0. The zero-order valence-corrected chi connectivity index (χ0v) is 24.3. The lowest BCUT2D eigenvalue weighted by Crippen LogP contribution is -2.34. The molecule has 1 aliphatic rings. The van der Waals surface area contributed by atoms with Crippen molar-refractivity contribution in [2.75, 3.05) is 31.5 Å². The van der Waals surface area contributed by atoms with Crippen molar-refractivity contribution in [1.82, 2.24) is 15.5 Å². The van der Waals surface area contributed by atoms with Gasteiger partial charge in [0, 0.05) is 31.3 Å². The fourth-order valence-corrected chi connectivity index (χ4v) is 4.88. The normalized spacial score (nSPS) is 14.2. The summed E-state index contributed by atoms with van der Waals surface area (Å²) in [5, 5.41) is 19.1. The van der Waals surface area contributed by atoms with Crippen LogP contribution in [0.2, 0.25) is 10.0 Å². The number of nitriles is 1. The molecule has 3 N–H and O–H groups in total. The van der Waals surface area contributed by atoms with Gasteiger partial charge in [-0.15, -0.1) is 0 Å². The molecule has 41 heavy (non-hydrogen) atoms. The standard InChI is InChI=1S/C31H34Cl2N6O2/c32-28-14-13-27(21-29(28)33)41-26-11-8-24(9-12-26)37-31(36-22-34)38-25(20-23-6-2-1-3-7-23)10-15-30(40)35-16-19-39-17-4-5-18-39/h1-3,6-9,11-14,21,25H,4-5,10,15-20H2,(H,35,40)(H2,36,37,38). The lowest BCUT2D eigenvalue weighted by Gasteiger charge is -2.17. The summed E-state index contributed by atoms with van der Waals surface area (Å²) in [5.41, 5.74) is 1.82. The molecule has 8 nitrogen and oxygen atoms in total. The van der Waals surface area contributed by atoms with Crippen LogP contribution in [0.25, 0.3) is 0 Å². The van der Waals surface area contributed by atoms with E-state index >= 15 is 0 Å². The van der Waals surface area contributed by atoms with Crippen LogP contribution in [0.5, 0.6) is 11.5 Å². The molecular formula is C31H34Cl2N6O2. The number of aliphatic imine (C=N–C) groups is 1. The number of nitrogens with one attached hydrogen (secondary N) is 3. The second-order valence-electron chi connectivity index (χ2n) is 9.82. The first-order valence-corrected chi connectivity index (χ1v) is 14.5. The molecule has 1 heterocycles. The van der Waals surface area contributed by atoms with Crippen LogP contribution in [-0.4, -0.2) is 49.0 Å². The van der Waals surface area contributed by atoms with Crippen molar-refractivity contribution < 1.29 is 9.53 Å². The average molecular weight is 594 g/mol. The fourth-order valence-electron chi connectivity index (χ4n) is 4.59. The molecular weight excluding hydrogens is 559 g/mol. The topological polar surface area (TPSA) is 102 Å². The molecule has 4 rings (SSSR count). The molecule has 0 bridgehead atoms. The van der Waals surface area contributed by atoms with Gasteiger partial charge >= 0.3 is 0 Å². The summed E-state index contributed by atoms with van der Waals surface area (Å²) in [6.45, 7) is 3.75. The quantitative estimate of drug-likeness (QED) is 0.0997. The zero-order chi connectivity index (χ0) is 28.9. The summed E-state index contributed by atoms with van der Waals surface area (Å²) in [5.74, 6) is 1.49. The minimum Gasteiger partial charge on any atom is -0.457 e. The molecule has 1 aliphatic heterocycles. The molecule has 10 heteroatoms. The number of amides is 1. The van der Waals surface area contributed by atoms with Crippen molar-refractivity contribution in [3.8, 4) is 17.7 Å². The van der Waals surface area contributed by atoms with Gasteiger partial charge in [-0.1, -0.05) is 53.5 Å². The highest BCUT2D eigenvalue weighted by Crippen LogP contribution is 2.30. The molecule has 1 fully saturated rings. The summed E-state index contributed by atoms with van der Waals surface area (Å²) in [7, 11) is 0. The van der Waals surface area contributed by atoms with Gasteiger partial charge < -0.3 is 20.3 Å². The predicted molar refractivity (Wildman–Crippen MR) is 165 cm³/mol. The number of benzene rings is 3. The van der Waals surface area contributed by atoms with Gasteiger partial charge in [-0.25, -0.2) is 4.99 Å². The number of likely N-dealkylation sites (tertiary alicyclic amines) is 1. The Bertz CT molecular complexity index is 1340. The van der Waals surface area contributed by atoms with Gasteiger partial charge in [0.25, 0.3) is 0 Å². The number of ether oxygens (including phenoxy) is 1. The average Bonchev–Trinajstić information content (AvgIpc) is 3.49. The second kappa shape index (κ2) is 15.9. The monoisotopic (exact) mass is 592 g/mol. The van der Waals surface area contributed by atoms with Gasteiger partial charge in [-0.2, -0.15) is 5.26 Å². The SMILES string of the molecule is N#CNC(=NC(CCC(=O)NCCN1CCCC1)Cc1ccccc1)Nc1ccc(Oc2ccc(Cl)c(Cl)c2)cc1. The molecule has 0 aliphatic carbocycles. The van der Waals surface area contributed by atoms with E-state index in [-0.39, 0.29) is 11.9 Å². The van der Waals surface area contributed by atoms with Crippen LogP contribution in [0, 0.1) is 11.5 Å². The summed E-state index contributed by atoms with van der Waals surface area (Å²) in [4.78, 5) is 19.8. The Morgan fingerprint density at radius 3 is 2.44 bits per heavy atom. The highest BCUT2D eigenvalue weighted by molar-refractivity contribution is 6.42. The number of carbonyl (C=O) groups excluding carboxylic acids is 1. The van der Waals surface area contributed by atoms with E-state index in [1.165, 1.54) is 12.8 Å². The maximum Gasteiger partial charge on any atom is 0.220 e. The molecule has 1 amide bonds. The molecule has 1 atom stereocenters. The van der Waals surface area contributed by atoms with E-state index in [1.807, 2.05) is 48.7 Å². The molecule has 0 saturated carbocycles. The molecule has 214 valence electrons. The van der Waals surface area contributed by atoms with Gasteiger partial charge in [0.1, 0.15) is 11.5 Å². The van der Waals surface area contributed by atoms with Gasteiger partial charge in [0.15, 0.2) is 6.19 Å². The number of carbonyl (C=O) groups is 1. The lowest BCUT2D eigenvalue weighted by molar-refractivity contribution is -0.121. The van der Waals surface area contributed by atoms with Gasteiger partial charge in [0.2, 0.25) is 11.9 Å². The van der Waals surface area contributed by atoms with Gasteiger partial charge in [-0.3, -0.25) is 10.1 Å². The van der Waals surface area contributed by atoms with Crippen molar-refractivity contribution in [3.63, 3.8) is 0 Å². The second-order valence-corrected chi connectivity index (χ2v) is 10.6. The van der Waals surface area contributed by atoms with Crippen LogP contribution in [0.1, 0.15) is 31.2 Å². The largest absolute Gasteiger partial charge is 0.457 e. The summed E-state index contributed by atoms with van der Waals surface area (Å²) >= 11 is 12.1. The molecule has 3 aromatic rings. The smallest absolute Gasteiger partial charge is 0.220 e. The molecule has 1 saturated heterocycles. The molecule has 0 radical (unpaired) electrons. The van der Waals surface area contributed by atoms with Crippen molar-refractivity contribution in [2.24, 2.45) is 4.99 Å². The highest BCUT2D eigenvalue weighted by atomic mass is 35.5. The van der Waals surface area contributed by atoms with Gasteiger partial charge in [-0.05, 0) is 80.7 Å². The minimum absolute atomic E-state index is 0.0118. The highest BCUT2D eigenvalue weighted by Gasteiger charge is 2.15. The maximum atomic E-state index is 12.6. The van der Waals surface area contributed by atoms with Gasteiger partial charge in [0.05, 0.1) is 16.1 Å². The van der Waals surface area contributed by atoms with E-state index in [1.54, 1.807) is 30.3 Å². The van der Waals surface area contributed by atoms with E-state index in [2.05, 4.69) is 20.9 Å².